The maximum atomic E-state index is 12.9. The van der Waals surface area contributed by atoms with E-state index in [4.69, 9.17) is 27.9 Å². The molecule has 3 rings (SSSR count). The first kappa shape index (κ1) is 16.2. The number of methoxy groups -OCH3 is 1. The average Bonchev–Trinajstić information content (AvgIpc) is 3.40. The van der Waals surface area contributed by atoms with Crippen LogP contribution in [0.5, 0.6) is 5.75 Å². The highest BCUT2D eigenvalue weighted by Crippen LogP contribution is 2.33. The fraction of sp³-hybridized carbons (Fsp3) is 0.278. The van der Waals surface area contributed by atoms with E-state index in [1.807, 2.05) is 29.2 Å². The van der Waals surface area contributed by atoms with E-state index in [1.165, 1.54) is 0 Å². The second-order valence-electron chi connectivity index (χ2n) is 5.61. The summed E-state index contributed by atoms with van der Waals surface area (Å²) >= 11 is 12.2. The zero-order chi connectivity index (χ0) is 16.4. The summed E-state index contributed by atoms with van der Waals surface area (Å²) in [6, 6.07) is 13.2. The lowest BCUT2D eigenvalue weighted by molar-refractivity contribution is 0.0730. The van der Waals surface area contributed by atoms with E-state index in [-0.39, 0.29) is 11.9 Å². The van der Waals surface area contributed by atoms with Crippen LogP contribution in [0, 0.1) is 0 Å². The number of hydrogen-bond donors (Lipinski definition) is 0. The van der Waals surface area contributed by atoms with Gasteiger partial charge in [0.15, 0.2) is 0 Å². The molecule has 5 heteroatoms. The van der Waals surface area contributed by atoms with E-state index >= 15 is 0 Å². The summed E-state index contributed by atoms with van der Waals surface area (Å²) in [5.41, 5.74) is 1.52. The SMILES string of the molecule is COc1ccc(CN(C(=O)c2cccc(Cl)c2Cl)C2CC2)cc1. The maximum Gasteiger partial charge on any atom is 0.255 e. The Morgan fingerprint density at radius 2 is 1.87 bits per heavy atom. The molecule has 0 spiro atoms. The molecule has 0 radical (unpaired) electrons. The van der Waals surface area contributed by atoms with Crippen molar-refractivity contribution in [3.63, 3.8) is 0 Å². The summed E-state index contributed by atoms with van der Waals surface area (Å²) in [5, 5.41) is 0.720. The van der Waals surface area contributed by atoms with Gasteiger partial charge in [-0.3, -0.25) is 4.79 Å². The van der Waals surface area contributed by atoms with Crippen LogP contribution in [0.1, 0.15) is 28.8 Å². The molecule has 0 heterocycles. The second kappa shape index (κ2) is 6.81. The van der Waals surface area contributed by atoms with Crippen molar-refractivity contribution < 1.29 is 9.53 Å². The van der Waals surface area contributed by atoms with Crippen LogP contribution >= 0.6 is 23.2 Å². The van der Waals surface area contributed by atoms with Gasteiger partial charge in [-0.1, -0.05) is 41.4 Å². The van der Waals surface area contributed by atoms with Crippen molar-refractivity contribution in [1.29, 1.82) is 0 Å². The fourth-order valence-electron chi connectivity index (χ4n) is 2.50. The van der Waals surface area contributed by atoms with Crippen molar-refractivity contribution in [3.05, 3.63) is 63.6 Å². The Hall–Kier alpha value is -1.71. The number of hydrogen-bond acceptors (Lipinski definition) is 2. The molecular formula is C18H17Cl2NO2. The van der Waals surface area contributed by atoms with Crippen molar-refractivity contribution in [2.45, 2.75) is 25.4 Å². The van der Waals surface area contributed by atoms with E-state index in [0.29, 0.717) is 22.2 Å². The van der Waals surface area contributed by atoms with Gasteiger partial charge in [-0.15, -0.1) is 0 Å². The lowest BCUT2D eigenvalue weighted by atomic mass is 10.1. The van der Waals surface area contributed by atoms with Gasteiger partial charge in [-0.05, 0) is 42.7 Å². The largest absolute Gasteiger partial charge is 0.497 e. The molecule has 1 fully saturated rings. The molecule has 1 aliphatic carbocycles. The quantitative estimate of drug-likeness (QED) is 0.775. The van der Waals surface area contributed by atoms with E-state index in [9.17, 15) is 4.79 Å². The van der Waals surface area contributed by atoms with Crippen molar-refractivity contribution in [2.24, 2.45) is 0 Å². The lowest BCUT2D eigenvalue weighted by Gasteiger charge is -2.23. The molecule has 0 atom stereocenters. The van der Waals surface area contributed by atoms with Crippen LogP contribution in [0.25, 0.3) is 0 Å². The molecule has 0 bridgehead atoms. The first-order chi connectivity index (χ1) is 11.1. The van der Waals surface area contributed by atoms with Gasteiger partial charge < -0.3 is 9.64 Å². The summed E-state index contributed by atoms with van der Waals surface area (Å²) in [4.78, 5) is 14.8. The van der Waals surface area contributed by atoms with Crippen LogP contribution in [-0.4, -0.2) is 24.0 Å². The van der Waals surface area contributed by atoms with Crippen LogP contribution < -0.4 is 4.74 Å². The fourth-order valence-corrected chi connectivity index (χ4v) is 2.89. The van der Waals surface area contributed by atoms with Gasteiger partial charge in [-0.25, -0.2) is 0 Å². The molecule has 0 unspecified atom stereocenters. The summed E-state index contributed by atoms with van der Waals surface area (Å²) in [7, 11) is 1.64. The Balaban J connectivity index is 1.83. The van der Waals surface area contributed by atoms with Crippen LogP contribution in [0.15, 0.2) is 42.5 Å². The minimum Gasteiger partial charge on any atom is -0.497 e. The molecule has 1 aliphatic rings. The molecule has 23 heavy (non-hydrogen) atoms. The van der Waals surface area contributed by atoms with E-state index in [2.05, 4.69) is 0 Å². The summed E-state index contributed by atoms with van der Waals surface area (Å²) in [5.74, 6) is 0.728. The lowest BCUT2D eigenvalue weighted by Crippen LogP contribution is -2.32. The number of benzene rings is 2. The number of carbonyl (C=O) groups excluding carboxylic acids is 1. The van der Waals surface area contributed by atoms with Crippen LogP contribution in [0.3, 0.4) is 0 Å². The second-order valence-corrected chi connectivity index (χ2v) is 6.40. The molecule has 0 saturated heterocycles. The van der Waals surface area contributed by atoms with Crippen molar-refractivity contribution in [1.82, 2.24) is 4.90 Å². The first-order valence-electron chi connectivity index (χ1n) is 7.48. The highest BCUT2D eigenvalue weighted by molar-refractivity contribution is 6.43. The van der Waals surface area contributed by atoms with Gasteiger partial charge in [0.05, 0.1) is 22.7 Å². The molecule has 1 amide bonds. The normalized spacial score (nSPS) is 13.7. The molecule has 3 nitrogen and oxygen atoms in total. The molecule has 0 aliphatic heterocycles. The average molecular weight is 350 g/mol. The predicted molar refractivity (Wildman–Crippen MR) is 92.4 cm³/mol. The van der Waals surface area contributed by atoms with Crippen molar-refractivity contribution in [2.75, 3.05) is 7.11 Å². The molecular weight excluding hydrogens is 333 g/mol. The summed E-state index contributed by atoms with van der Waals surface area (Å²) in [6.45, 7) is 0.552. The standard InChI is InChI=1S/C18H17Cl2NO2/c1-23-14-9-5-12(6-10-14)11-21(13-7-8-13)18(22)15-3-2-4-16(19)17(15)20/h2-6,9-10,13H,7-8,11H2,1H3. The molecule has 0 aromatic heterocycles. The minimum absolute atomic E-state index is 0.0733. The number of ether oxygens (including phenoxy) is 1. The Bertz CT molecular complexity index is 711. The predicted octanol–water partition coefficient (Wildman–Crippen LogP) is 4.81. The van der Waals surface area contributed by atoms with Crippen molar-refractivity contribution >= 4 is 29.1 Å². The van der Waals surface area contributed by atoms with Gasteiger partial charge in [0.1, 0.15) is 5.75 Å². The molecule has 2 aromatic carbocycles. The Morgan fingerprint density at radius 1 is 1.17 bits per heavy atom. The van der Waals surface area contributed by atoms with Gasteiger partial charge in [-0.2, -0.15) is 0 Å². The van der Waals surface area contributed by atoms with Gasteiger partial charge in [0.25, 0.3) is 5.91 Å². The van der Waals surface area contributed by atoms with E-state index in [0.717, 1.165) is 24.2 Å². The monoisotopic (exact) mass is 349 g/mol. The third-order valence-corrected chi connectivity index (χ3v) is 4.76. The molecule has 0 N–H and O–H groups in total. The van der Waals surface area contributed by atoms with Crippen molar-refractivity contribution in [3.8, 4) is 5.75 Å². The van der Waals surface area contributed by atoms with Gasteiger partial charge in [0.2, 0.25) is 0 Å². The topological polar surface area (TPSA) is 29.5 Å². The Labute approximate surface area is 145 Å². The minimum atomic E-state index is -0.0733. The van der Waals surface area contributed by atoms with Crippen LogP contribution in [0.4, 0.5) is 0 Å². The Morgan fingerprint density at radius 3 is 2.48 bits per heavy atom. The number of amides is 1. The highest BCUT2D eigenvalue weighted by atomic mass is 35.5. The number of nitrogens with zero attached hydrogens (tertiary/aromatic N) is 1. The van der Waals surface area contributed by atoms with Gasteiger partial charge >= 0.3 is 0 Å². The molecule has 120 valence electrons. The third-order valence-electron chi connectivity index (χ3n) is 3.94. The first-order valence-corrected chi connectivity index (χ1v) is 8.23. The third kappa shape index (κ3) is 3.62. The molecule has 2 aromatic rings. The summed E-state index contributed by atoms with van der Waals surface area (Å²) in [6.07, 6.45) is 2.06. The zero-order valence-corrected chi connectivity index (χ0v) is 14.3. The number of rotatable bonds is 5. The zero-order valence-electron chi connectivity index (χ0n) is 12.8. The van der Waals surface area contributed by atoms with E-state index < -0.39 is 0 Å². The molecule has 1 saturated carbocycles. The maximum absolute atomic E-state index is 12.9. The van der Waals surface area contributed by atoms with Crippen LogP contribution in [-0.2, 0) is 6.54 Å². The number of carbonyl (C=O) groups is 1. The van der Waals surface area contributed by atoms with E-state index in [1.54, 1.807) is 25.3 Å². The smallest absolute Gasteiger partial charge is 0.255 e. The highest BCUT2D eigenvalue weighted by Gasteiger charge is 2.34. The number of halogens is 2. The van der Waals surface area contributed by atoms with Gasteiger partial charge in [0, 0.05) is 12.6 Å². The summed E-state index contributed by atoms with van der Waals surface area (Å²) < 4.78 is 5.17. The Kier molecular flexibility index (Phi) is 4.79. The van der Waals surface area contributed by atoms with Crippen LogP contribution in [0.2, 0.25) is 10.0 Å².